The second-order valence-electron chi connectivity index (χ2n) is 7.72. The third-order valence-electron chi connectivity index (χ3n) is 5.01. The molecule has 4 rings (SSSR count). The maximum absolute atomic E-state index is 11.9. The van der Waals surface area contributed by atoms with E-state index in [2.05, 4.69) is 9.97 Å². The van der Waals surface area contributed by atoms with E-state index in [1.54, 1.807) is 22.7 Å². The molecule has 0 aliphatic rings. The van der Waals surface area contributed by atoms with Crippen LogP contribution in [0.15, 0.2) is 48.5 Å². The number of esters is 2. The standard InChI is InChI=1S/C25H24N2O5S2/c28-17(15-31-24(29)13-5-11-22-26-18-7-1-3-9-20(18)33-22)16-32-25(30)14-6-12-23-27-19-8-2-4-10-21(19)34-23/h1-4,7-10H,5-6,11-16H2. The van der Waals surface area contributed by atoms with Crippen molar-refractivity contribution in [2.75, 3.05) is 13.2 Å². The molecule has 0 atom stereocenters. The molecule has 0 aliphatic heterocycles. The van der Waals surface area contributed by atoms with E-state index in [0.29, 0.717) is 25.7 Å². The normalized spacial score (nSPS) is 11.1. The number of Topliss-reactive ketones (excluding diaryl/α,β-unsaturated/α-hetero) is 1. The van der Waals surface area contributed by atoms with Crippen molar-refractivity contribution in [2.24, 2.45) is 0 Å². The number of carbonyl (C=O) groups is 3. The summed E-state index contributed by atoms with van der Waals surface area (Å²) in [5.41, 5.74) is 1.92. The number of thiazole rings is 2. The molecule has 0 N–H and O–H groups in total. The number of aromatic nitrogens is 2. The Kier molecular flexibility index (Phi) is 8.32. The highest BCUT2D eigenvalue weighted by Gasteiger charge is 2.12. The number of para-hydroxylation sites is 2. The molecular formula is C25H24N2O5S2. The van der Waals surface area contributed by atoms with Gasteiger partial charge in [-0.05, 0) is 49.9 Å². The molecule has 4 aromatic rings. The number of ketones is 1. The number of hydrogen-bond donors (Lipinski definition) is 0. The summed E-state index contributed by atoms with van der Waals surface area (Å²) >= 11 is 3.23. The van der Waals surface area contributed by atoms with Gasteiger partial charge in [0.05, 0.1) is 30.4 Å². The third kappa shape index (κ3) is 6.91. The molecule has 0 unspecified atom stereocenters. The van der Waals surface area contributed by atoms with Crippen molar-refractivity contribution in [3.05, 3.63) is 58.5 Å². The van der Waals surface area contributed by atoms with Crippen LogP contribution in [0.1, 0.15) is 35.7 Å². The number of carbonyl (C=O) groups excluding carboxylic acids is 3. The molecule has 0 saturated heterocycles. The predicted molar refractivity (Wildman–Crippen MR) is 132 cm³/mol. The van der Waals surface area contributed by atoms with Crippen molar-refractivity contribution in [1.82, 2.24) is 9.97 Å². The van der Waals surface area contributed by atoms with E-state index in [1.807, 2.05) is 48.5 Å². The Bertz CT molecular complexity index is 1130. The SMILES string of the molecule is O=C(COC(=O)CCCc1nc2ccccc2s1)COC(=O)CCCc1nc2ccccc2s1. The highest BCUT2D eigenvalue weighted by Crippen LogP contribution is 2.23. The van der Waals surface area contributed by atoms with Crippen LogP contribution in [0.3, 0.4) is 0 Å². The molecule has 0 spiro atoms. The third-order valence-corrected chi connectivity index (χ3v) is 7.20. The summed E-state index contributed by atoms with van der Waals surface area (Å²) in [6, 6.07) is 15.8. The summed E-state index contributed by atoms with van der Waals surface area (Å²) in [6.07, 6.45) is 2.95. The lowest BCUT2D eigenvalue weighted by molar-refractivity contribution is -0.153. The molecule has 34 heavy (non-hydrogen) atoms. The monoisotopic (exact) mass is 496 g/mol. The molecule has 0 radical (unpaired) electrons. The van der Waals surface area contributed by atoms with Crippen molar-refractivity contribution in [3.63, 3.8) is 0 Å². The molecular weight excluding hydrogens is 472 g/mol. The van der Waals surface area contributed by atoms with Gasteiger partial charge in [0.15, 0.2) is 13.2 Å². The fourth-order valence-corrected chi connectivity index (χ4v) is 5.35. The maximum Gasteiger partial charge on any atom is 0.306 e. The number of benzene rings is 2. The van der Waals surface area contributed by atoms with Crippen LogP contribution in [0, 0.1) is 0 Å². The van der Waals surface area contributed by atoms with Crippen molar-refractivity contribution in [1.29, 1.82) is 0 Å². The molecule has 2 aromatic carbocycles. The van der Waals surface area contributed by atoms with Gasteiger partial charge in [-0.1, -0.05) is 24.3 Å². The molecule has 2 aromatic heterocycles. The first kappa shape index (κ1) is 24.0. The molecule has 9 heteroatoms. The van der Waals surface area contributed by atoms with Gasteiger partial charge in [-0.25, -0.2) is 9.97 Å². The van der Waals surface area contributed by atoms with Crippen LogP contribution < -0.4 is 0 Å². The van der Waals surface area contributed by atoms with Gasteiger partial charge in [-0.15, -0.1) is 22.7 Å². The van der Waals surface area contributed by atoms with Crippen molar-refractivity contribution in [3.8, 4) is 0 Å². The van der Waals surface area contributed by atoms with E-state index < -0.39 is 17.7 Å². The van der Waals surface area contributed by atoms with E-state index in [-0.39, 0.29) is 26.1 Å². The van der Waals surface area contributed by atoms with E-state index in [9.17, 15) is 14.4 Å². The Morgan fingerprint density at radius 3 is 1.56 bits per heavy atom. The highest BCUT2D eigenvalue weighted by atomic mass is 32.1. The molecule has 0 bridgehead atoms. The molecule has 7 nitrogen and oxygen atoms in total. The first-order valence-corrected chi connectivity index (χ1v) is 12.7. The Morgan fingerprint density at radius 2 is 1.12 bits per heavy atom. The predicted octanol–water partition coefficient (Wildman–Crippen LogP) is 4.91. The maximum atomic E-state index is 11.9. The average molecular weight is 497 g/mol. The minimum Gasteiger partial charge on any atom is -0.458 e. The van der Waals surface area contributed by atoms with Crippen molar-refractivity contribution < 1.29 is 23.9 Å². The quantitative estimate of drug-likeness (QED) is 0.257. The van der Waals surface area contributed by atoms with Crippen LogP contribution in [0.25, 0.3) is 20.4 Å². The van der Waals surface area contributed by atoms with Crippen LogP contribution in [0.2, 0.25) is 0 Å². The molecule has 0 saturated carbocycles. The van der Waals surface area contributed by atoms with E-state index >= 15 is 0 Å². The Labute approximate surface area is 204 Å². The van der Waals surface area contributed by atoms with Crippen LogP contribution in [0.5, 0.6) is 0 Å². The second-order valence-corrected chi connectivity index (χ2v) is 9.95. The van der Waals surface area contributed by atoms with Gasteiger partial charge in [0.2, 0.25) is 5.78 Å². The Balaban J connectivity index is 1.06. The van der Waals surface area contributed by atoms with Crippen LogP contribution in [0.4, 0.5) is 0 Å². The number of aryl methyl sites for hydroxylation is 2. The summed E-state index contributed by atoms with van der Waals surface area (Å²) in [6.45, 7) is -0.780. The summed E-state index contributed by atoms with van der Waals surface area (Å²) in [5, 5.41) is 1.94. The molecule has 0 fully saturated rings. The largest absolute Gasteiger partial charge is 0.458 e. The number of fused-ring (bicyclic) bond motifs is 2. The number of ether oxygens (including phenoxy) is 2. The zero-order valence-corrected chi connectivity index (χ0v) is 20.2. The Morgan fingerprint density at radius 1 is 0.676 bits per heavy atom. The summed E-state index contributed by atoms with van der Waals surface area (Å²) in [5.74, 6) is -1.34. The van der Waals surface area contributed by atoms with E-state index in [4.69, 9.17) is 9.47 Å². The topological polar surface area (TPSA) is 95.5 Å². The summed E-state index contributed by atoms with van der Waals surface area (Å²) in [7, 11) is 0. The lowest BCUT2D eigenvalue weighted by Gasteiger charge is -2.05. The fraction of sp³-hybridized carbons (Fsp3) is 0.320. The van der Waals surface area contributed by atoms with Crippen LogP contribution in [-0.2, 0) is 36.7 Å². The van der Waals surface area contributed by atoms with Gasteiger partial charge >= 0.3 is 11.9 Å². The molecule has 176 valence electrons. The van der Waals surface area contributed by atoms with Gasteiger partial charge in [-0.2, -0.15) is 0 Å². The van der Waals surface area contributed by atoms with Crippen molar-refractivity contribution in [2.45, 2.75) is 38.5 Å². The minimum atomic E-state index is -0.448. The molecule has 0 aliphatic carbocycles. The van der Waals surface area contributed by atoms with E-state index in [0.717, 1.165) is 30.4 Å². The molecule has 0 amide bonds. The summed E-state index contributed by atoms with van der Waals surface area (Å²) in [4.78, 5) is 44.7. The first-order valence-electron chi connectivity index (χ1n) is 11.1. The van der Waals surface area contributed by atoms with Gasteiger partial charge < -0.3 is 9.47 Å². The first-order chi connectivity index (χ1) is 16.6. The van der Waals surface area contributed by atoms with Gasteiger partial charge in [0, 0.05) is 12.8 Å². The zero-order chi connectivity index (χ0) is 23.8. The Hall–Kier alpha value is -3.17. The van der Waals surface area contributed by atoms with Crippen LogP contribution >= 0.6 is 22.7 Å². The fourth-order valence-electron chi connectivity index (χ4n) is 3.33. The van der Waals surface area contributed by atoms with Gasteiger partial charge in [0.1, 0.15) is 0 Å². The number of nitrogens with zero attached hydrogens (tertiary/aromatic N) is 2. The minimum absolute atomic E-state index is 0.203. The van der Waals surface area contributed by atoms with Gasteiger partial charge in [-0.3, -0.25) is 14.4 Å². The van der Waals surface area contributed by atoms with Crippen LogP contribution in [-0.4, -0.2) is 40.9 Å². The average Bonchev–Trinajstić information content (AvgIpc) is 3.44. The number of rotatable bonds is 12. The number of hydrogen-bond acceptors (Lipinski definition) is 9. The summed E-state index contributed by atoms with van der Waals surface area (Å²) < 4.78 is 12.2. The lowest BCUT2D eigenvalue weighted by Crippen LogP contribution is -2.20. The molecule has 2 heterocycles. The van der Waals surface area contributed by atoms with Gasteiger partial charge in [0.25, 0.3) is 0 Å². The zero-order valence-electron chi connectivity index (χ0n) is 18.5. The smallest absolute Gasteiger partial charge is 0.306 e. The second kappa shape index (κ2) is 11.8. The lowest BCUT2D eigenvalue weighted by atomic mass is 10.2. The van der Waals surface area contributed by atoms with Crippen molar-refractivity contribution >= 4 is 60.8 Å². The van der Waals surface area contributed by atoms with E-state index in [1.165, 1.54) is 0 Å². The highest BCUT2D eigenvalue weighted by molar-refractivity contribution is 7.18.